The summed E-state index contributed by atoms with van der Waals surface area (Å²) >= 11 is 0. The average Bonchev–Trinajstić information content (AvgIpc) is 2.87. The van der Waals surface area contributed by atoms with Gasteiger partial charge in [-0.2, -0.15) is 0 Å². The van der Waals surface area contributed by atoms with Gasteiger partial charge in [-0.25, -0.2) is 9.59 Å². The van der Waals surface area contributed by atoms with Gasteiger partial charge in [-0.1, -0.05) is 19.4 Å². The quantitative estimate of drug-likeness (QED) is 0.243. The predicted octanol–water partition coefficient (Wildman–Crippen LogP) is 4.00. The van der Waals surface area contributed by atoms with Crippen molar-refractivity contribution in [3.8, 4) is 0 Å². The third-order valence-electron chi connectivity index (χ3n) is 5.09. The highest BCUT2D eigenvalue weighted by Gasteiger charge is 2.16. The fourth-order valence-corrected chi connectivity index (χ4v) is 3.19. The number of hydrogen-bond acceptors (Lipinski definition) is 6. The van der Waals surface area contributed by atoms with Crippen LogP contribution < -0.4 is 21.3 Å². The third kappa shape index (κ3) is 6.90. The van der Waals surface area contributed by atoms with E-state index in [2.05, 4.69) is 6.92 Å². The molecule has 0 aromatic heterocycles. The molecule has 3 aromatic carbocycles. The number of amides is 2. The fraction of sp³-hybridized carbons (Fsp3) is 0.154. The molecule has 0 aliphatic rings. The Morgan fingerprint density at radius 3 is 1.75 bits per heavy atom. The number of nitrogen functional groups attached to an aromatic ring is 1. The first-order valence-corrected chi connectivity index (χ1v) is 11.0. The van der Waals surface area contributed by atoms with Gasteiger partial charge in [-0.05, 0) is 73.6 Å². The fourth-order valence-electron chi connectivity index (χ4n) is 3.19. The molecule has 0 spiro atoms. The number of rotatable bonds is 10. The topological polar surface area (TPSA) is 167 Å². The monoisotopic (exact) mass is 492 g/mol. The van der Waals surface area contributed by atoms with Crippen molar-refractivity contribution in [2.45, 2.75) is 19.8 Å². The minimum absolute atomic E-state index is 0.0330. The largest absolute Gasteiger partial charge is 0.478 e. The lowest BCUT2D eigenvalue weighted by Gasteiger charge is -2.21. The second kappa shape index (κ2) is 13.3. The molecular formula is C26H28N4O6. The number of carbonyl (C=O) groups excluding carboxylic acids is 2. The molecule has 0 atom stereocenters. The minimum atomic E-state index is -1.22. The van der Waals surface area contributed by atoms with E-state index in [-0.39, 0.29) is 16.8 Å². The first-order chi connectivity index (χ1) is 17.3. The molecule has 0 heterocycles. The highest BCUT2D eigenvalue weighted by Crippen LogP contribution is 2.31. The van der Waals surface area contributed by atoms with Crippen molar-refractivity contribution in [2.24, 2.45) is 5.73 Å². The molecule has 3 rings (SSSR count). The maximum absolute atomic E-state index is 11.7. The normalized spacial score (nSPS) is 9.94. The number of carboxylic acid groups (broad SMARTS) is 2. The molecule has 0 unspecified atom stereocenters. The van der Waals surface area contributed by atoms with Crippen LogP contribution in [0.1, 0.15) is 40.5 Å². The summed E-state index contributed by atoms with van der Waals surface area (Å²) in [6.07, 6.45) is 3.46. The highest BCUT2D eigenvalue weighted by atomic mass is 16.4. The molecule has 10 nitrogen and oxygen atoms in total. The molecule has 0 aliphatic heterocycles. The van der Waals surface area contributed by atoms with Gasteiger partial charge in [0.25, 0.3) is 0 Å². The number of nitrogens with two attached hydrogens (primary N) is 2. The molecule has 0 fully saturated rings. The standard InChI is InChI=1S/C22H17N3O6.C4H11N/c23-20-9-8-18(11-19(20)22(30)31)25(13-27)16-6-4-15(5-7-16)24(12-26)17-3-1-2-14(10-17)21(28)29;1-2-3-4-5/h1-13H,23H2,(H,28,29)(H,30,31);2-5H2,1H3. The zero-order valence-electron chi connectivity index (χ0n) is 19.7. The molecule has 0 bridgehead atoms. The van der Waals surface area contributed by atoms with Crippen molar-refractivity contribution in [3.05, 3.63) is 77.9 Å². The smallest absolute Gasteiger partial charge is 0.337 e. The van der Waals surface area contributed by atoms with Crippen molar-refractivity contribution >= 4 is 53.2 Å². The molecule has 0 saturated carbocycles. The predicted molar refractivity (Wildman–Crippen MR) is 138 cm³/mol. The SMILES string of the molecule is CCCCN.Nc1ccc(N(C=O)c2ccc(N(C=O)c3cccc(C(=O)O)c3)cc2)cc1C(=O)O. The lowest BCUT2D eigenvalue weighted by atomic mass is 10.1. The van der Waals surface area contributed by atoms with E-state index in [0.29, 0.717) is 35.6 Å². The van der Waals surface area contributed by atoms with Crippen molar-refractivity contribution in [1.82, 2.24) is 0 Å². The second-order valence-corrected chi connectivity index (χ2v) is 7.54. The Morgan fingerprint density at radius 1 is 0.806 bits per heavy atom. The van der Waals surface area contributed by atoms with E-state index < -0.39 is 11.9 Å². The summed E-state index contributed by atoms with van der Waals surface area (Å²) in [6.45, 7) is 2.98. The Bertz CT molecular complexity index is 1210. The van der Waals surface area contributed by atoms with E-state index in [1.807, 2.05) is 0 Å². The summed E-state index contributed by atoms with van der Waals surface area (Å²) in [5.74, 6) is -2.33. The molecule has 188 valence electrons. The minimum Gasteiger partial charge on any atom is -0.478 e. The van der Waals surface area contributed by atoms with Gasteiger partial charge in [0.2, 0.25) is 12.8 Å². The van der Waals surface area contributed by atoms with Crippen LogP contribution in [0.3, 0.4) is 0 Å². The molecular weight excluding hydrogens is 464 g/mol. The lowest BCUT2D eigenvalue weighted by Crippen LogP contribution is -2.17. The molecule has 2 amide bonds. The van der Waals surface area contributed by atoms with Crippen LogP contribution in [0.15, 0.2) is 66.7 Å². The zero-order chi connectivity index (χ0) is 26.7. The van der Waals surface area contributed by atoms with Gasteiger partial charge in [0, 0.05) is 28.4 Å². The number of carbonyl (C=O) groups is 4. The van der Waals surface area contributed by atoms with Gasteiger partial charge >= 0.3 is 11.9 Å². The van der Waals surface area contributed by atoms with Crippen LogP contribution in [0.4, 0.5) is 28.4 Å². The summed E-state index contributed by atoms with van der Waals surface area (Å²) in [5, 5.41) is 18.4. The number of aromatic carboxylic acids is 2. The zero-order valence-corrected chi connectivity index (χ0v) is 19.7. The van der Waals surface area contributed by atoms with Gasteiger partial charge in [0.1, 0.15) is 0 Å². The van der Waals surface area contributed by atoms with Crippen molar-refractivity contribution in [2.75, 3.05) is 22.1 Å². The maximum Gasteiger partial charge on any atom is 0.337 e. The number of hydrogen-bond donors (Lipinski definition) is 4. The van der Waals surface area contributed by atoms with E-state index in [1.54, 1.807) is 30.3 Å². The summed E-state index contributed by atoms with van der Waals surface area (Å²) < 4.78 is 0. The summed E-state index contributed by atoms with van der Waals surface area (Å²) in [7, 11) is 0. The van der Waals surface area contributed by atoms with Crippen LogP contribution in [0, 0.1) is 0 Å². The van der Waals surface area contributed by atoms with E-state index in [1.165, 1.54) is 59.0 Å². The van der Waals surface area contributed by atoms with Gasteiger partial charge in [0.15, 0.2) is 0 Å². The number of carboxylic acids is 2. The van der Waals surface area contributed by atoms with Gasteiger partial charge in [-0.3, -0.25) is 19.4 Å². The number of nitrogens with zero attached hydrogens (tertiary/aromatic N) is 2. The van der Waals surface area contributed by atoms with Gasteiger partial charge < -0.3 is 21.7 Å². The summed E-state index contributed by atoms with van der Waals surface area (Å²) in [4.78, 5) is 48.3. The molecule has 36 heavy (non-hydrogen) atoms. The van der Waals surface area contributed by atoms with E-state index in [9.17, 15) is 24.3 Å². The van der Waals surface area contributed by atoms with E-state index in [4.69, 9.17) is 16.6 Å². The van der Waals surface area contributed by atoms with Crippen LogP contribution in [0.2, 0.25) is 0 Å². The maximum atomic E-state index is 11.7. The Balaban J connectivity index is 0.000000830. The van der Waals surface area contributed by atoms with Crippen LogP contribution in [-0.4, -0.2) is 41.5 Å². The van der Waals surface area contributed by atoms with Crippen LogP contribution in [0.5, 0.6) is 0 Å². The van der Waals surface area contributed by atoms with Crippen molar-refractivity contribution < 1.29 is 29.4 Å². The lowest BCUT2D eigenvalue weighted by molar-refractivity contribution is -0.107. The van der Waals surface area contributed by atoms with Gasteiger partial charge in [0.05, 0.1) is 11.1 Å². The summed E-state index contributed by atoms with van der Waals surface area (Å²) in [6, 6.07) is 16.4. The van der Waals surface area contributed by atoms with Crippen LogP contribution >= 0.6 is 0 Å². The molecule has 0 aliphatic carbocycles. The molecule has 0 saturated heterocycles. The third-order valence-corrected chi connectivity index (χ3v) is 5.09. The Hall–Kier alpha value is -4.70. The number of benzene rings is 3. The average molecular weight is 493 g/mol. The number of unbranched alkanes of at least 4 members (excludes halogenated alkanes) is 1. The van der Waals surface area contributed by atoms with Crippen LogP contribution in [-0.2, 0) is 9.59 Å². The van der Waals surface area contributed by atoms with Crippen LogP contribution in [0.25, 0.3) is 0 Å². The molecule has 6 N–H and O–H groups in total. The molecule has 0 radical (unpaired) electrons. The Labute approximate surface area is 208 Å². The van der Waals surface area contributed by atoms with Crippen molar-refractivity contribution in [3.63, 3.8) is 0 Å². The highest BCUT2D eigenvalue weighted by molar-refractivity contribution is 5.97. The summed E-state index contributed by atoms with van der Waals surface area (Å²) in [5.41, 5.74) is 12.3. The van der Waals surface area contributed by atoms with Crippen molar-refractivity contribution in [1.29, 1.82) is 0 Å². The Morgan fingerprint density at radius 2 is 1.33 bits per heavy atom. The first-order valence-electron chi connectivity index (χ1n) is 11.0. The van der Waals surface area contributed by atoms with Gasteiger partial charge in [-0.15, -0.1) is 0 Å². The Kier molecular flexibility index (Phi) is 10.1. The van der Waals surface area contributed by atoms with E-state index in [0.717, 1.165) is 6.54 Å². The molecule has 3 aromatic rings. The van der Waals surface area contributed by atoms with E-state index >= 15 is 0 Å². The molecule has 10 heteroatoms. The first kappa shape index (κ1) is 27.5. The second-order valence-electron chi connectivity index (χ2n) is 7.54. The number of anilines is 5.